The summed E-state index contributed by atoms with van der Waals surface area (Å²) in [6.07, 6.45) is 2.99. The molecule has 6 rings (SSSR count). The summed E-state index contributed by atoms with van der Waals surface area (Å²) in [6, 6.07) is 15.0. The lowest BCUT2D eigenvalue weighted by Gasteiger charge is -2.44. The molecule has 4 aliphatic heterocycles. The van der Waals surface area contributed by atoms with Crippen molar-refractivity contribution in [2.75, 3.05) is 26.2 Å². The maximum atomic E-state index is 12.4. The number of nitrogens with two attached hydrogens (primary N) is 1. The summed E-state index contributed by atoms with van der Waals surface area (Å²) < 4.78 is 23.3. The largest absolute Gasteiger partial charge is 0.486 e. The molecule has 0 unspecified atom stereocenters. The van der Waals surface area contributed by atoms with Crippen molar-refractivity contribution in [3.05, 3.63) is 59.7 Å². The van der Waals surface area contributed by atoms with Gasteiger partial charge in [-0.1, -0.05) is 29.4 Å². The molecule has 4 aliphatic rings. The number of hydrogen-bond donors (Lipinski definition) is 3. The number of carbonyl (C=O) groups is 3. The average Bonchev–Trinajstić information content (AvgIpc) is 3.04. The Hall–Kier alpha value is -4.36. The van der Waals surface area contributed by atoms with Crippen LogP contribution in [0.2, 0.25) is 0 Å². The molecule has 0 bridgehead atoms. The van der Waals surface area contributed by atoms with Crippen molar-refractivity contribution in [3.8, 4) is 11.5 Å². The molecule has 4 heterocycles. The van der Waals surface area contributed by atoms with Crippen LogP contribution in [-0.2, 0) is 9.47 Å². The van der Waals surface area contributed by atoms with Gasteiger partial charge in [-0.15, -0.1) is 0 Å². The molecule has 0 saturated carbocycles. The van der Waals surface area contributed by atoms with Crippen LogP contribution in [0.25, 0.3) is 0 Å². The molecule has 0 radical (unpaired) electrons. The quantitative estimate of drug-likeness (QED) is 0.215. The number of oxime groups is 1. The average molecular weight is 683 g/mol. The molecule has 2 saturated heterocycles. The van der Waals surface area contributed by atoms with E-state index >= 15 is 0 Å². The number of para-hydroxylation sites is 2. The number of carbonyl (C=O) groups excluding carboxylic acids is 3. The summed E-state index contributed by atoms with van der Waals surface area (Å²) in [6.45, 7) is 13.4. The van der Waals surface area contributed by atoms with Crippen molar-refractivity contribution in [2.45, 2.75) is 102 Å². The molecule has 0 atom stereocenters. The van der Waals surface area contributed by atoms with Gasteiger partial charge in [0, 0.05) is 63.8 Å². The first-order valence-corrected chi connectivity index (χ1v) is 16.6. The van der Waals surface area contributed by atoms with Gasteiger partial charge in [0.2, 0.25) is 0 Å². The van der Waals surface area contributed by atoms with Crippen LogP contribution in [0.15, 0.2) is 53.7 Å². The standard InChI is InChI=1S/C18H24N2O4.C18H23NO4.H3NO/c1-17(2,3)24-16(21)20-10-8-18(9-11-20)12-14(19-22)13-6-4-5-7-15(13)23-18;1-17(2,3)23-16(21)19-10-8-18(9-11-19)12-14(20)13-6-4-5-7-15(13)22-18;1-2/h4-7,22H,8-12H2,1-3H3;4-7H,8-12H2,1-3H3;2H,1H2/b19-14+;;. The predicted octanol–water partition coefficient (Wildman–Crippen LogP) is 6.17. The molecular formula is C36H50N4O9. The number of rotatable bonds is 0. The third kappa shape index (κ3) is 9.42. The van der Waals surface area contributed by atoms with E-state index in [2.05, 4.69) is 11.1 Å². The molecule has 0 aromatic heterocycles. The van der Waals surface area contributed by atoms with Crippen LogP contribution in [0.3, 0.4) is 0 Å². The van der Waals surface area contributed by atoms with Crippen molar-refractivity contribution in [3.63, 3.8) is 0 Å². The minimum atomic E-state index is -0.498. The second-order valence-corrected chi connectivity index (χ2v) is 14.8. The Morgan fingerprint density at radius 3 is 1.53 bits per heavy atom. The van der Waals surface area contributed by atoms with E-state index in [-0.39, 0.29) is 18.0 Å². The van der Waals surface area contributed by atoms with Gasteiger partial charge in [0.25, 0.3) is 0 Å². The Kier molecular flexibility index (Phi) is 11.5. The highest BCUT2D eigenvalue weighted by atomic mass is 16.6. The zero-order chi connectivity index (χ0) is 36.0. The van der Waals surface area contributed by atoms with Crippen molar-refractivity contribution in [1.82, 2.24) is 9.80 Å². The SMILES string of the molecule is CC(C)(C)OC(=O)N1CCC2(CC1)C/C(=N\O)c1ccccc1O2.CC(C)(C)OC(=O)N1CCC2(CC1)CC(=O)c1ccccc1O2.NO. The Bertz CT molecular complexity index is 1510. The Labute approximate surface area is 287 Å². The highest BCUT2D eigenvalue weighted by molar-refractivity contribution is 6.04. The fourth-order valence-electron chi connectivity index (χ4n) is 6.40. The number of fused-ring (bicyclic) bond motifs is 2. The van der Waals surface area contributed by atoms with Crippen LogP contribution in [0.1, 0.15) is 96.0 Å². The van der Waals surface area contributed by atoms with Gasteiger partial charge in [-0.05, 0) is 65.8 Å². The second kappa shape index (κ2) is 15.0. The van der Waals surface area contributed by atoms with E-state index in [1.54, 1.807) is 15.9 Å². The lowest BCUT2D eigenvalue weighted by molar-refractivity contribution is -0.0228. The molecule has 13 nitrogen and oxygen atoms in total. The lowest BCUT2D eigenvalue weighted by atomic mass is 9.82. The number of benzene rings is 2. The van der Waals surface area contributed by atoms with Crippen molar-refractivity contribution >= 4 is 23.7 Å². The fraction of sp³-hybridized carbons (Fsp3) is 0.556. The topological polar surface area (TPSA) is 173 Å². The maximum Gasteiger partial charge on any atom is 0.410 e. The van der Waals surface area contributed by atoms with Crippen LogP contribution in [-0.4, -0.2) is 92.5 Å². The van der Waals surface area contributed by atoms with E-state index in [4.69, 9.17) is 24.2 Å². The fourth-order valence-corrected chi connectivity index (χ4v) is 6.40. The van der Waals surface area contributed by atoms with Crippen LogP contribution in [0, 0.1) is 0 Å². The highest BCUT2D eigenvalue weighted by Gasteiger charge is 2.45. The van der Waals surface area contributed by atoms with Gasteiger partial charge in [0.15, 0.2) is 5.78 Å². The Morgan fingerprint density at radius 2 is 1.10 bits per heavy atom. The lowest BCUT2D eigenvalue weighted by Crippen LogP contribution is -2.53. The highest BCUT2D eigenvalue weighted by Crippen LogP contribution is 2.41. The molecule has 49 heavy (non-hydrogen) atoms. The molecule has 2 aromatic carbocycles. The number of ether oxygens (including phenoxy) is 4. The van der Waals surface area contributed by atoms with Crippen molar-refractivity contribution in [2.24, 2.45) is 11.1 Å². The maximum absolute atomic E-state index is 12.4. The van der Waals surface area contributed by atoms with E-state index in [0.717, 1.165) is 11.3 Å². The number of Topliss-reactive ketones (excluding diaryl/α,β-unsaturated/α-hetero) is 1. The van der Waals surface area contributed by atoms with Gasteiger partial charge >= 0.3 is 12.2 Å². The van der Waals surface area contributed by atoms with E-state index in [1.807, 2.05) is 84.0 Å². The molecule has 0 aliphatic carbocycles. The number of nitrogens with zero attached hydrogens (tertiary/aromatic N) is 3. The Balaban J connectivity index is 0.000000210. The van der Waals surface area contributed by atoms with Crippen LogP contribution in [0.4, 0.5) is 9.59 Å². The van der Waals surface area contributed by atoms with Crippen LogP contribution < -0.4 is 15.4 Å². The summed E-state index contributed by atoms with van der Waals surface area (Å²) in [4.78, 5) is 40.1. The van der Waals surface area contributed by atoms with E-state index in [0.29, 0.717) is 81.7 Å². The summed E-state index contributed by atoms with van der Waals surface area (Å²) in [5.74, 6) is 5.02. The van der Waals surface area contributed by atoms with E-state index < -0.39 is 22.4 Å². The third-order valence-electron chi connectivity index (χ3n) is 8.78. The first kappa shape index (κ1) is 37.5. The van der Waals surface area contributed by atoms with Gasteiger partial charge in [-0.2, -0.15) is 0 Å². The molecule has 2 amide bonds. The Morgan fingerprint density at radius 1 is 0.714 bits per heavy atom. The molecule has 13 heteroatoms. The van der Waals surface area contributed by atoms with Crippen LogP contribution in [0.5, 0.6) is 11.5 Å². The minimum Gasteiger partial charge on any atom is -0.486 e. The third-order valence-corrected chi connectivity index (χ3v) is 8.78. The first-order valence-electron chi connectivity index (χ1n) is 16.6. The van der Waals surface area contributed by atoms with Crippen LogP contribution >= 0.6 is 0 Å². The number of amides is 2. The molecule has 268 valence electrons. The first-order chi connectivity index (χ1) is 23.1. The minimum absolute atomic E-state index is 0.123. The monoisotopic (exact) mass is 682 g/mol. The smallest absolute Gasteiger partial charge is 0.410 e. The van der Waals surface area contributed by atoms with Gasteiger partial charge in [-0.25, -0.2) is 15.5 Å². The van der Waals surface area contributed by atoms with Crippen molar-refractivity contribution < 1.29 is 43.7 Å². The predicted molar refractivity (Wildman–Crippen MR) is 182 cm³/mol. The van der Waals surface area contributed by atoms with E-state index in [9.17, 15) is 19.6 Å². The van der Waals surface area contributed by atoms with Crippen molar-refractivity contribution in [1.29, 1.82) is 0 Å². The second-order valence-electron chi connectivity index (χ2n) is 14.8. The summed E-state index contributed by atoms with van der Waals surface area (Å²) >= 11 is 0. The molecule has 2 fully saturated rings. The van der Waals surface area contributed by atoms with Gasteiger partial charge in [0.1, 0.15) is 33.9 Å². The van der Waals surface area contributed by atoms with E-state index in [1.165, 1.54) is 0 Å². The summed E-state index contributed by atoms with van der Waals surface area (Å²) in [7, 11) is 0. The van der Waals surface area contributed by atoms with Gasteiger partial charge in [-0.3, -0.25) is 4.79 Å². The number of piperidine rings is 2. The van der Waals surface area contributed by atoms with Gasteiger partial charge < -0.3 is 39.2 Å². The molecule has 2 aromatic rings. The number of hydrogen-bond acceptors (Lipinski definition) is 11. The molecular weight excluding hydrogens is 632 g/mol. The molecule has 4 N–H and O–H groups in total. The zero-order valence-electron chi connectivity index (χ0n) is 29.4. The summed E-state index contributed by atoms with van der Waals surface area (Å²) in [5, 5.41) is 19.3. The zero-order valence-corrected chi connectivity index (χ0v) is 29.4. The normalized spacial score (nSPS) is 19.9. The number of likely N-dealkylation sites (tertiary alicyclic amines) is 2. The summed E-state index contributed by atoms with van der Waals surface area (Å²) in [5.41, 5.74) is 0.236. The van der Waals surface area contributed by atoms with Gasteiger partial charge in [0.05, 0.1) is 17.7 Å². The number of ketones is 1. The molecule has 2 spiro atoms.